The second-order valence-corrected chi connectivity index (χ2v) is 6.13. The van der Waals surface area contributed by atoms with Gasteiger partial charge in [-0.25, -0.2) is 0 Å². The van der Waals surface area contributed by atoms with Crippen LogP contribution in [0, 0.1) is 3.57 Å². The van der Waals surface area contributed by atoms with E-state index in [-0.39, 0.29) is 4.99 Å². The lowest BCUT2D eigenvalue weighted by Gasteiger charge is -2.25. The Balaban J connectivity index is 2.74. The molecule has 0 spiro atoms. The summed E-state index contributed by atoms with van der Waals surface area (Å²) in [6.07, 6.45) is -5.13. The first kappa shape index (κ1) is 19.4. The van der Waals surface area contributed by atoms with Gasteiger partial charge in [0.2, 0.25) is 5.78 Å². The van der Waals surface area contributed by atoms with Gasteiger partial charge in [0, 0.05) is 3.57 Å². The summed E-state index contributed by atoms with van der Waals surface area (Å²) in [6, 6.07) is 5.57. The highest BCUT2D eigenvalue weighted by Crippen LogP contribution is 2.17. The van der Waals surface area contributed by atoms with Crippen LogP contribution in [0.5, 0.6) is 0 Å². The van der Waals surface area contributed by atoms with E-state index >= 15 is 0 Å². The number of Topliss-reactive ketones (excluding diaryl/α,β-unsaturated/α-hetero) is 1. The molecule has 22 heavy (non-hydrogen) atoms. The maximum atomic E-state index is 12.1. The van der Waals surface area contributed by atoms with E-state index in [1.54, 1.807) is 12.1 Å². The number of benzene rings is 1. The number of halogens is 1. The Labute approximate surface area is 146 Å². The van der Waals surface area contributed by atoms with Crippen LogP contribution in [0.15, 0.2) is 24.3 Å². The highest BCUT2D eigenvalue weighted by Gasteiger charge is 2.34. The zero-order chi connectivity index (χ0) is 16.9. The number of rotatable bonds is 7. The molecule has 0 bridgehead atoms. The summed E-state index contributed by atoms with van der Waals surface area (Å²) in [4.78, 5) is 11.8. The number of carbonyl (C=O) groups is 1. The van der Waals surface area contributed by atoms with Crippen molar-refractivity contribution in [2.24, 2.45) is 5.73 Å². The maximum absolute atomic E-state index is 12.1. The van der Waals surface area contributed by atoms with Crippen LogP contribution < -0.4 is 11.1 Å². The van der Waals surface area contributed by atoms with Crippen LogP contribution in [0.4, 0.5) is 5.69 Å². The molecule has 0 saturated carbocycles. The molecule has 0 aliphatic rings. The molecule has 122 valence electrons. The third-order valence-electron chi connectivity index (χ3n) is 2.95. The molecule has 0 saturated heterocycles. The number of hydrogen-bond acceptors (Lipinski definition) is 7. The van der Waals surface area contributed by atoms with Crippen molar-refractivity contribution in [3.63, 3.8) is 0 Å². The first-order chi connectivity index (χ1) is 10.3. The van der Waals surface area contributed by atoms with Crippen molar-refractivity contribution >= 4 is 51.3 Å². The fraction of sp³-hybridized carbons (Fsp3) is 0.385. The molecule has 7 nitrogen and oxygen atoms in total. The van der Waals surface area contributed by atoms with Gasteiger partial charge in [-0.3, -0.25) is 4.79 Å². The number of hydrogen-bond donors (Lipinski definition) is 6. The van der Waals surface area contributed by atoms with E-state index in [1.165, 1.54) is 0 Å². The number of para-hydroxylation sites is 1. The van der Waals surface area contributed by atoms with Crippen LogP contribution in [-0.4, -0.2) is 62.2 Å². The molecule has 7 N–H and O–H groups in total. The Morgan fingerprint density at radius 1 is 1.27 bits per heavy atom. The number of anilines is 1. The lowest BCUT2D eigenvalue weighted by Crippen LogP contribution is -2.54. The topological polar surface area (TPSA) is 136 Å². The van der Waals surface area contributed by atoms with Gasteiger partial charge in [-0.2, -0.15) is 0 Å². The van der Waals surface area contributed by atoms with Gasteiger partial charge >= 0.3 is 0 Å². The summed E-state index contributed by atoms with van der Waals surface area (Å²) >= 11 is 7.00. The Bertz CT molecular complexity index is 545. The average molecular weight is 440 g/mol. The Morgan fingerprint density at radius 3 is 2.41 bits per heavy atom. The molecule has 0 amide bonds. The zero-order valence-electron chi connectivity index (χ0n) is 11.4. The maximum Gasteiger partial charge on any atom is 0.209 e. The fourth-order valence-electron chi connectivity index (χ4n) is 1.60. The van der Waals surface area contributed by atoms with Gasteiger partial charge in [-0.1, -0.05) is 24.4 Å². The molecule has 0 aliphatic carbocycles. The van der Waals surface area contributed by atoms with Gasteiger partial charge in [0.25, 0.3) is 0 Å². The first-order valence-electron chi connectivity index (χ1n) is 6.30. The summed E-state index contributed by atoms with van der Waals surface area (Å²) in [5, 5.41) is 40.0. The standard InChI is InChI=1S/C13H17IN2O5S/c14-6-3-1-2-4-7(6)16-13(22)12(21)9(15)11(20)10(19)8(18)5-17/h1-4,8-11,17-20H,5,15H2,(H,16,22)/t8-,9-,10+,11-/m1/s1. The van der Waals surface area contributed by atoms with Gasteiger partial charge in [0.05, 0.1) is 18.3 Å². The van der Waals surface area contributed by atoms with Crippen molar-refractivity contribution < 1.29 is 25.2 Å². The predicted molar refractivity (Wildman–Crippen MR) is 93.5 cm³/mol. The predicted octanol–water partition coefficient (Wildman–Crippen LogP) is -0.998. The molecule has 0 unspecified atom stereocenters. The normalized spacial score (nSPS) is 16.5. The fourth-order valence-corrected chi connectivity index (χ4v) is 2.37. The van der Waals surface area contributed by atoms with Crippen molar-refractivity contribution in [2.75, 3.05) is 11.9 Å². The SMILES string of the molecule is N[C@@H](C(=O)C(=S)Nc1ccccc1I)[C@@H](O)[C@@H](O)[C@H](O)CO. The quantitative estimate of drug-likeness (QED) is 0.235. The van der Waals surface area contributed by atoms with E-state index in [0.29, 0.717) is 5.69 Å². The summed E-state index contributed by atoms with van der Waals surface area (Å²) < 4.78 is 0.833. The van der Waals surface area contributed by atoms with E-state index in [0.717, 1.165) is 3.57 Å². The van der Waals surface area contributed by atoms with Crippen LogP contribution in [0.3, 0.4) is 0 Å². The van der Waals surface area contributed by atoms with Crippen LogP contribution in [0.25, 0.3) is 0 Å². The van der Waals surface area contributed by atoms with Crippen molar-refractivity contribution in [1.29, 1.82) is 0 Å². The minimum absolute atomic E-state index is 0.221. The molecular weight excluding hydrogens is 423 g/mol. The lowest BCUT2D eigenvalue weighted by molar-refractivity contribution is -0.123. The summed E-state index contributed by atoms with van der Waals surface area (Å²) in [5.74, 6) is -0.786. The average Bonchev–Trinajstić information content (AvgIpc) is 2.53. The molecular formula is C13H17IN2O5S. The molecule has 4 atom stereocenters. The van der Waals surface area contributed by atoms with E-state index in [2.05, 4.69) is 27.9 Å². The van der Waals surface area contributed by atoms with E-state index in [4.69, 9.17) is 23.1 Å². The number of thiocarbonyl (C=S) groups is 1. The van der Waals surface area contributed by atoms with Crippen LogP contribution in [0.1, 0.15) is 0 Å². The number of carbonyl (C=O) groups excluding carboxylic acids is 1. The molecule has 0 aliphatic heterocycles. The van der Waals surface area contributed by atoms with Crippen molar-refractivity contribution in [2.45, 2.75) is 24.4 Å². The largest absolute Gasteiger partial charge is 0.394 e. The monoisotopic (exact) mass is 440 g/mol. The Kier molecular flexibility index (Phi) is 7.76. The van der Waals surface area contributed by atoms with Gasteiger partial charge in [-0.05, 0) is 34.7 Å². The Morgan fingerprint density at radius 2 is 1.86 bits per heavy atom. The second kappa shape index (κ2) is 8.82. The molecule has 0 heterocycles. The summed E-state index contributed by atoms with van der Waals surface area (Å²) in [6.45, 7) is -0.774. The number of ketones is 1. The molecule has 1 aromatic carbocycles. The highest BCUT2D eigenvalue weighted by molar-refractivity contribution is 14.1. The summed E-state index contributed by atoms with van der Waals surface area (Å²) in [7, 11) is 0. The molecule has 0 radical (unpaired) electrons. The minimum atomic E-state index is -1.76. The Hall–Kier alpha value is -0.690. The lowest BCUT2D eigenvalue weighted by atomic mass is 9.98. The van der Waals surface area contributed by atoms with Crippen molar-refractivity contribution in [1.82, 2.24) is 0 Å². The molecule has 9 heteroatoms. The molecule has 0 fully saturated rings. The van der Waals surface area contributed by atoms with Gasteiger partial charge in [0.1, 0.15) is 23.3 Å². The molecule has 1 rings (SSSR count). The third-order valence-corrected chi connectivity index (χ3v) is 4.19. The zero-order valence-corrected chi connectivity index (χ0v) is 14.4. The van der Waals surface area contributed by atoms with Gasteiger partial charge < -0.3 is 31.5 Å². The van der Waals surface area contributed by atoms with Crippen LogP contribution >= 0.6 is 34.8 Å². The number of aliphatic hydroxyl groups is 4. The minimum Gasteiger partial charge on any atom is -0.394 e. The third kappa shape index (κ3) is 4.91. The molecule has 1 aromatic rings. The van der Waals surface area contributed by atoms with E-state index in [1.807, 2.05) is 12.1 Å². The number of nitrogens with two attached hydrogens (primary N) is 1. The van der Waals surface area contributed by atoms with Crippen LogP contribution in [-0.2, 0) is 4.79 Å². The first-order valence-corrected chi connectivity index (χ1v) is 7.78. The van der Waals surface area contributed by atoms with Gasteiger partial charge in [0.15, 0.2) is 0 Å². The smallest absolute Gasteiger partial charge is 0.209 e. The van der Waals surface area contributed by atoms with Crippen molar-refractivity contribution in [3.8, 4) is 0 Å². The van der Waals surface area contributed by atoms with E-state index in [9.17, 15) is 20.1 Å². The number of aliphatic hydroxyl groups excluding tert-OH is 4. The second-order valence-electron chi connectivity index (χ2n) is 4.56. The van der Waals surface area contributed by atoms with Crippen LogP contribution in [0.2, 0.25) is 0 Å². The summed E-state index contributed by atoms with van der Waals surface area (Å²) in [5.41, 5.74) is 6.18. The molecule has 0 aromatic heterocycles. The number of nitrogens with one attached hydrogen (secondary N) is 1. The van der Waals surface area contributed by atoms with Crippen molar-refractivity contribution in [3.05, 3.63) is 27.8 Å². The van der Waals surface area contributed by atoms with E-state index < -0.39 is 36.7 Å². The highest BCUT2D eigenvalue weighted by atomic mass is 127. The van der Waals surface area contributed by atoms with Gasteiger partial charge in [-0.15, -0.1) is 0 Å².